The molecule has 0 spiro atoms. The molecule has 1 N–H and O–H groups in total. The molecule has 5 nitrogen and oxygen atoms in total. The van der Waals surface area contributed by atoms with Gasteiger partial charge in [-0.2, -0.15) is 4.98 Å². The Hall–Kier alpha value is -0.940. The monoisotopic (exact) mass is 269 g/mol. The summed E-state index contributed by atoms with van der Waals surface area (Å²) in [4.78, 5) is 4.50. The van der Waals surface area contributed by atoms with Gasteiger partial charge >= 0.3 is 0 Å². The summed E-state index contributed by atoms with van der Waals surface area (Å²) in [5.41, 5.74) is -0.401. The van der Waals surface area contributed by atoms with Gasteiger partial charge in [0.25, 0.3) is 0 Å². The molecule has 0 aliphatic carbocycles. The second-order valence-corrected chi connectivity index (χ2v) is 5.00. The molecule has 0 aliphatic heterocycles. The lowest BCUT2D eigenvalue weighted by Gasteiger charge is -2.27. The summed E-state index contributed by atoms with van der Waals surface area (Å²) in [6.45, 7) is 11.9. The van der Waals surface area contributed by atoms with Crippen LogP contribution in [0.1, 0.15) is 59.2 Å². The molecular weight excluding hydrogens is 242 g/mol. The van der Waals surface area contributed by atoms with Crippen LogP contribution in [0.5, 0.6) is 0 Å². The van der Waals surface area contributed by atoms with Gasteiger partial charge in [0.05, 0.1) is 0 Å². The summed E-state index contributed by atoms with van der Waals surface area (Å²) in [6.07, 6.45) is 2.45. The third-order valence-corrected chi connectivity index (χ3v) is 3.33. The molecular formula is C14H27N3O2. The van der Waals surface area contributed by atoms with Crippen molar-refractivity contribution in [1.29, 1.82) is 0 Å². The molecule has 0 bridgehead atoms. The van der Waals surface area contributed by atoms with E-state index in [0.29, 0.717) is 24.4 Å². The van der Waals surface area contributed by atoms with E-state index in [4.69, 9.17) is 9.26 Å². The average molecular weight is 269 g/mol. The van der Waals surface area contributed by atoms with Crippen LogP contribution in [0.15, 0.2) is 4.52 Å². The van der Waals surface area contributed by atoms with Crippen molar-refractivity contribution in [1.82, 2.24) is 15.5 Å². The van der Waals surface area contributed by atoms with Crippen LogP contribution in [0, 0.1) is 0 Å². The van der Waals surface area contributed by atoms with Crippen molar-refractivity contribution in [3.63, 3.8) is 0 Å². The van der Waals surface area contributed by atoms with Gasteiger partial charge in [0.15, 0.2) is 0 Å². The molecule has 1 aromatic heterocycles. The van der Waals surface area contributed by atoms with E-state index in [1.54, 1.807) is 0 Å². The number of hydrogen-bond acceptors (Lipinski definition) is 5. The van der Waals surface area contributed by atoms with E-state index >= 15 is 0 Å². The zero-order valence-electron chi connectivity index (χ0n) is 12.8. The first-order chi connectivity index (χ1) is 9.07. The molecule has 0 saturated carbocycles. The topological polar surface area (TPSA) is 60.2 Å². The van der Waals surface area contributed by atoms with Crippen molar-refractivity contribution in [3.05, 3.63) is 11.7 Å². The maximum Gasteiger partial charge on any atom is 0.228 e. The first kappa shape index (κ1) is 16.1. The van der Waals surface area contributed by atoms with Crippen LogP contribution < -0.4 is 5.32 Å². The Bertz CT molecular complexity index is 359. The lowest BCUT2D eigenvalue weighted by atomic mass is 9.96. The van der Waals surface area contributed by atoms with E-state index in [1.807, 2.05) is 6.92 Å². The number of rotatable bonds is 9. The van der Waals surface area contributed by atoms with Gasteiger partial charge in [-0.25, -0.2) is 0 Å². The van der Waals surface area contributed by atoms with Crippen molar-refractivity contribution in [2.45, 2.75) is 65.5 Å². The summed E-state index contributed by atoms with van der Waals surface area (Å²) in [7, 11) is 0. The van der Waals surface area contributed by atoms with Crippen molar-refractivity contribution in [3.8, 4) is 0 Å². The first-order valence-corrected chi connectivity index (χ1v) is 7.28. The summed E-state index contributed by atoms with van der Waals surface area (Å²) >= 11 is 0. The van der Waals surface area contributed by atoms with Gasteiger partial charge in [0.1, 0.15) is 5.60 Å². The van der Waals surface area contributed by atoms with E-state index in [-0.39, 0.29) is 0 Å². The van der Waals surface area contributed by atoms with Gasteiger partial charge in [-0.1, -0.05) is 32.9 Å². The Labute approximate surface area is 116 Å². The van der Waals surface area contributed by atoms with E-state index < -0.39 is 5.60 Å². The fourth-order valence-electron chi connectivity index (χ4n) is 2.12. The molecule has 1 heterocycles. The van der Waals surface area contributed by atoms with Crippen LogP contribution in [0.25, 0.3) is 0 Å². The second kappa shape index (κ2) is 7.60. The van der Waals surface area contributed by atoms with Crippen molar-refractivity contribution in [2.24, 2.45) is 0 Å². The van der Waals surface area contributed by atoms with Gasteiger partial charge in [-0.15, -0.1) is 0 Å². The first-order valence-electron chi connectivity index (χ1n) is 7.28. The zero-order chi connectivity index (χ0) is 14.3. The van der Waals surface area contributed by atoms with Gasteiger partial charge < -0.3 is 14.6 Å². The minimum absolute atomic E-state index is 0.401. The Morgan fingerprint density at radius 3 is 2.47 bits per heavy atom. The molecule has 1 rings (SSSR count). The lowest BCUT2D eigenvalue weighted by Crippen LogP contribution is -2.30. The Balaban J connectivity index is 2.70. The smallest absolute Gasteiger partial charge is 0.228 e. The van der Waals surface area contributed by atoms with Crippen molar-refractivity contribution >= 4 is 0 Å². The highest BCUT2D eigenvalue weighted by Gasteiger charge is 2.34. The number of hydrogen-bond donors (Lipinski definition) is 1. The molecule has 19 heavy (non-hydrogen) atoms. The lowest BCUT2D eigenvalue weighted by molar-refractivity contribution is -0.0583. The van der Waals surface area contributed by atoms with E-state index in [1.165, 1.54) is 0 Å². The molecule has 0 saturated heterocycles. The number of ether oxygens (including phenoxy) is 1. The predicted octanol–water partition coefficient (Wildman–Crippen LogP) is 2.66. The van der Waals surface area contributed by atoms with Gasteiger partial charge in [0, 0.05) is 25.6 Å². The summed E-state index contributed by atoms with van der Waals surface area (Å²) in [5, 5.41) is 7.44. The zero-order valence-corrected chi connectivity index (χ0v) is 12.8. The molecule has 0 unspecified atom stereocenters. The number of nitrogens with zero attached hydrogens (tertiary/aromatic N) is 2. The van der Waals surface area contributed by atoms with E-state index in [0.717, 1.165) is 25.8 Å². The molecule has 0 aliphatic rings. The fourth-order valence-corrected chi connectivity index (χ4v) is 2.12. The quantitative estimate of drug-likeness (QED) is 0.747. The number of aromatic nitrogens is 2. The summed E-state index contributed by atoms with van der Waals surface area (Å²) in [6, 6.07) is 0.469. The minimum atomic E-state index is -0.401. The summed E-state index contributed by atoms with van der Waals surface area (Å²) < 4.78 is 11.2. The maximum absolute atomic E-state index is 5.87. The maximum atomic E-state index is 5.87. The largest absolute Gasteiger partial charge is 0.367 e. The van der Waals surface area contributed by atoms with Crippen LogP contribution in [0.4, 0.5) is 0 Å². The standard InChI is InChI=1S/C14H27N3O2/c1-6-14(7-2,18-8-3)13-16-12(19-17-13)9-10-15-11(4)5/h11,15H,6-10H2,1-5H3. The third-order valence-electron chi connectivity index (χ3n) is 3.33. The molecule has 0 atom stereocenters. The average Bonchev–Trinajstić information content (AvgIpc) is 2.85. The van der Waals surface area contributed by atoms with Gasteiger partial charge in [0.2, 0.25) is 11.7 Å². The van der Waals surface area contributed by atoms with Crippen LogP contribution in [-0.4, -0.2) is 29.3 Å². The minimum Gasteiger partial charge on any atom is -0.367 e. The Morgan fingerprint density at radius 2 is 1.95 bits per heavy atom. The molecule has 0 aromatic carbocycles. The Morgan fingerprint density at radius 1 is 1.26 bits per heavy atom. The van der Waals surface area contributed by atoms with Crippen LogP contribution in [0.2, 0.25) is 0 Å². The predicted molar refractivity (Wildman–Crippen MR) is 75.0 cm³/mol. The van der Waals surface area contributed by atoms with Crippen LogP contribution >= 0.6 is 0 Å². The van der Waals surface area contributed by atoms with Gasteiger partial charge in [-0.05, 0) is 19.8 Å². The Kier molecular flexibility index (Phi) is 6.45. The second-order valence-electron chi connectivity index (χ2n) is 5.00. The SMILES string of the molecule is CCOC(CC)(CC)c1noc(CCNC(C)C)n1. The fraction of sp³-hybridized carbons (Fsp3) is 0.857. The highest BCUT2D eigenvalue weighted by atomic mass is 16.5. The van der Waals surface area contributed by atoms with Crippen LogP contribution in [0.3, 0.4) is 0 Å². The van der Waals surface area contributed by atoms with Crippen molar-refractivity contribution < 1.29 is 9.26 Å². The van der Waals surface area contributed by atoms with Gasteiger partial charge in [-0.3, -0.25) is 0 Å². The highest BCUT2D eigenvalue weighted by molar-refractivity contribution is 5.01. The number of nitrogens with one attached hydrogen (secondary N) is 1. The molecule has 110 valence electrons. The normalized spacial score (nSPS) is 12.3. The molecule has 0 fully saturated rings. The summed E-state index contributed by atoms with van der Waals surface area (Å²) in [5.74, 6) is 1.35. The van der Waals surface area contributed by atoms with E-state index in [2.05, 4.69) is 43.2 Å². The third kappa shape index (κ3) is 4.28. The molecule has 5 heteroatoms. The molecule has 1 aromatic rings. The molecule has 0 amide bonds. The van der Waals surface area contributed by atoms with Crippen molar-refractivity contribution in [2.75, 3.05) is 13.2 Å². The van der Waals surface area contributed by atoms with E-state index in [9.17, 15) is 0 Å². The highest BCUT2D eigenvalue weighted by Crippen LogP contribution is 2.30. The molecule has 0 radical (unpaired) electrons. The van der Waals surface area contributed by atoms with Crippen LogP contribution in [-0.2, 0) is 16.8 Å².